The fourth-order valence-electron chi connectivity index (χ4n) is 3.34. The number of hydrogen-bond acceptors (Lipinski definition) is 4. The summed E-state index contributed by atoms with van der Waals surface area (Å²) < 4.78 is 0. The Kier molecular flexibility index (Phi) is 3.45. The van der Waals surface area contributed by atoms with Crippen LogP contribution in [0.5, 0.6) is 0 Å². The minimum Gasteiger partial charge on any atom is -0.312 e. The lowest BCUT2D eigenvalue weighted by atomic mass is 9.94. The Morgan fingerprint density at radius 1 is 1.53 bits per heavy atom. The summed E-state index contributed by atoms with van der Waals surface area (Å²) in [6.45, 7) is 5.38. The molecule has 3 atom stereocenters. The van der Waals surface area contributed by atoms with Gasteiger partial charge in [-0.2, -0.15) is 0 Å². The number of aromatic nitrogens is 1. The Labute approximate surface area is 107 Å². The lowest BCUT2D eigenvalue weighted by molar-refractivity contribution is 0.393. The molecule has 4 heteroatoms. The van der Waals surface area contributed by atoms with Gasteiger partial charge in [-0.3, -0.25) is 0 Å². The fraction of sp³-hybridized carbons (Fsp3) is 0.769. The summed E-state index contributed by atoms with van der Waals surface area (Å²) >= 11 is 1.80. The number of fused-ring (bicyclic) bond motifs is 1. The molecule has 1 aliphatic carbocycles. The van der Waals surface area contributed by atoms with Crippen molar-refractivity contribution in [2.75, 3.05) is 13.1 Å². The largest absolute Gasteiger partial charge is 0.312 e. The van der Waals surface area contributed by atoms with Crippen LogP contribution in [0.4, 0.5) is 0 Å². The summed E-state index contributed by atoms with van der Waals surface area (Å²) in [7, 11) is 0. The van der Waals surface area contributed by atoms with Crippen LogP contribution in [0, 0.1) is 18.8 Å². The minimum absolute atomic E-state index is 0.698. The van der Waals surface area contributed by atoms with Crippen molar-refractivity contribution in [2.45, 2.75) is 38.8 Å². The number of thiazole rings is 1. The van der Waals surface area contributed by atoms with Crippen molar-refractivity contribution in [1.82, 2.24) is 15.6 Å². The van der Waals surface area contributed by atoms with Gasteiger partial charge in [0, 0.05) is 30.2 Å². The smallest absolute Gasteiger partial charge is 0.107 e. The van der Waals surface area contributed by atoms with Crippen LogP contribution < -0.4 is 10.6 Å². The van der Waals surface area contributed by atoms with Crippen LogP contribution in [0.2, 0.25) is 0 Å². The highest BCUT2D eigenvalue weighted by molar-refractivity contribution is 7.11. The molecular formula is C13H21N3S. The van der Waals surface area contributed by atoms with E-state index in [4.69, 9.17) is 0 Å². The molecule has 94 valence electrons. The Bertz CT molecular complexity index is 376. The van der Waals surface area contributed by atoms with Gasteiger partial charge in [0.25, 0.3) is 0 Å². The van der Waals surface area contributed by atoms with Gasteiger partial charge >= 0.3 is 0 Å². The van der Waals surface area contributed by atoms with Crippen molar-refractivity contribution in [3.05, 3.63) is 16.1 Å². The van der Waals surface area contributed by atoms with Gasteiger partial charge in [-0.05, 0) is 38.1 Å². The highest BCUT2D eigenvalue weighted by Crippen LogP contribution is 2.37. The Morgan fingerprint density at radius 2 is 2.47 bits per heavy atom. The van der Waals surface area contributed by atoms with Gasteiger partial charge in [0.15, 0.2) is 0 Å². The maximum absolute atomic E-state index is 4.38. The minimum atomic E-state index is 0.698. The molecule has 0 radical (unpaired) electrons. The number of nitrogens with zero attached hydrogens (tertiary/aromatic N) is 1. The van der Waals surface area contributed by atoms with E-state index in [1.54, 1.807) is 11.3 Å². The molecule has 2 fully saturated rings. The summed E-state index contributed by atoms with van der Waals surface area (Å²) in [4.78, 5) is 5.68. The first-order valence-electron chi connectivity index (χ1n) is 6.68. The van der Waals surface area contributed by atoms with Crippen LogP contribution in [-0.4, -0.2) is 24.1 Å². The van der Waals surface area contributed by atoms with E-state index in [1.807, 2.05) is 6.20 Å². The molecule has 0 spiro atoms. The van der Waals surface area contributed by atoms with E-state index >= 15 is 0 Å². The van der Waals surface area contributed by atoms with Crippen molar-refractivity contribution in [3.8, 4) is 0 Å². The quantitative estimate of drug-likeness (QED) is 0.858. The Balaban J connectivity index is 1.45. The molecule has 1 saturated heterocycles. The SMILES string of the molecule is Cc1cnc(CNCC2NCC3CCCC32)s1. The first-order valence-corrected chi connectivity index (χ1v) is 7.50. The molecule has 17 heavy (non-hydrogen) atoms. The van der Waals surface area contributed by atoms with Crippen LogP contribution >= 0.6 is 11.3 Å². The van der Waals surface area contributed by atoms with Crippen LogP contribution in [0.1, 0.15) is 29.1 Å². The van der Waals surface area contributed by atoms with Gasteiger partial charge in [-0.1, -0.05) is 6.42 Å². The Morgan fingerprint density at radius 3 is 3.29 bits per heavy atom. The predicted molar refractivity (Wildman–Crippen MR) is 71.2 cm³/mol. The van der Waals surface area contributed by atoms with Gasteiger partial charge in [0.1, 0.15) is 5.01 Å². The summed E-state index contributed by atoms with van der Waals surface area (Å²) in [6.07, 6.45) is 6.28. The molecule has 1 saturated carbocycles. The van der Waals surface area contributed by atoms with E-state index in [0.717, 1.165) is 24.9 Å². The summed E-state index contributed by atoms with van der Waals surface area (Å²) in [5, 5.41) is 8.44. The number of rotatable bonds is 4. The average Bonchev–Trinajstić information content (AvgIpc) is 2.97. The maximum atomic E-state index is 4.38. The average molecular weight is 251 g/mol. The molecule has 2 N–H and O–H groups in total. The van der Waals surface area contributed by atoms with E-state index in [-0.39, 0.29) is 0 Å². The molecule has 2 heterocycles. The van der Waals surface area contributed by atoms with E-state index in [2.05, 4.69) is 22.5 Å². The van der Waals surface area contributed by atoms with Crippen molar-refractivity contribution in [1.29, 1.82) is 0 Å². The molecule has 0 amide bonds. The third-order valence-electron chi connectivity index (χ3n) is 4.19. The molecule has 1 aromatic rings. The molecule has 0 aromatic carbocycles. The lowest BCUT2D eigenvalue weighted by Gasteiger charge is -2.18. The zero-order chi connectivity index (χ0) is 11.7. The first-order chi connectivity index (χ1) is 8.33. The van der Waals surface area contributed by atoms with E-state index in [9.17, 15) is 0 Å². The third kappa shape index (κ3) is 2.54. The van der Waals surface area contributed by atoms with Crippen LogP contribution in [0.15, 0.2) is 6.20 Å². The maximum Gasteiger partial charge on any atom is 0.107 e. The highest BCUT2D eigenvalue weighted by Gasteiger charge is 2.38. The number of aryl methyl sites for hydroxylation is 1. The van der Waals surface area contributed by atoms with Crippen molar-refractivity contribution in [3.63, 3.8) is 0 Å². The Hall–Kier alpha value is -0.450. The van der Waals surface area contributed by atoms with Crippen LogP contribution in [0.3, 0.4) is 0 Å². The molecule has 1 aliphatic heterocycles. The zero-order valence-corrected chi connectivity index (χ0v) is 11.2. The van der Waals surface area contributed by atoms with Crippen molar-refractivity contribution >= 4 is 11.3 Å². The normalized spacial score (nSPS) is 31.9. The van der Waals surface area contributed by atoms with E-state index < -0.39 is 0 Å². The van der Waals surface area contributed by atoms with Gasteiger partial charge in [-0.15, -0.1) is 11.3 Å². The van der Waals surface area contributed by atoms with Gasteiger partial charge in [0.2, 0.25) is 0 Å². The van der Waals surface area contributed by atoms with Crippen molar-refractivity contribution < 1.29 is 0 Å². The van der Waals surface area contributed by atoms with Gasteiger partial charge in [-0.25, -0.2) is 4.98 Å². The fourth-order valence-corrected chi connectivity index (χ4v) is 4.10. The molecule has 0 bridgehead atoms. The topological polar surface area (TPSA) is 37.0 Å². The molecule has 3 rings (SSSR count). The number of hydrogen-bond donors (Lipinski definition) is 2. The highest BCUT2D eigenvalue weighted by atomic mass is 32.1. The van der Waals surface area contributed by atoms with Gasteiger partial charge in [0.05, 0.1) is 0 Å². The van der Waals surface area contributed by atoms with E-state index in [0.29, 0.717) is 6.04 Å². The van der Waals surface area contributed by atoms with Crippen LogP contribution in [0.25, 0.3) is 0 Å². The number of nitrogens with one attached hydrogen (secondary N) is 2. The molecular weight excluding hydrogens is 230 g/mol. The third-order valence-corrected chi connectivity index (χ3v) is 5.10. The predicted octanol–water partition coefficient (Wildman–Crippen LogP) is 1.93. The van der Waals surface area contributed by atoms with E-state index in [1.165, 1.54) is 35.7 Å². The molecule has 1 aromatic heterocycles. The molecule has 3 nitrogen and oxygen atoms in total. The zero-order valence-electron chi connectivity index (χ0n) is 10.4. The molecule has 2 aliphatic rings. The van der Waals surface area contributed by atoms with Crippen molar-refractivity contribution in [2.24, 2.45) is 11.8 Å². The standard InChI is InChI=1S/C13H21N3S/c1-9-5-16-13(17-9)8-14-7-12-11-4-2-3-10(11)6-15-12/h5,10-12,14-15H,2-4,6-8H2,1H3. The summed E-state index contributed by atoms with van der Waals surface area (Å²) in [5.74, 6) is 1.89. The lowest BCUT2D eigenvalue weighted by Crippen LogP contribution is -2.37. The second-order valence-corrected chi connectivity index (χ2v) is 6.68. The molecule has 3 unspecified atom stereocenters. The first kappa shape index (κ1) is 11.6. The second-order valence-electron chi connectivity index (χ2n) is 5.37. The monoisotopic (exact) mass is 251 g/mol. The summed E-state index contributed by atoms with van der Waals surface area (Å²) in [5.41, 5.74) is 0. The van der Waals surface area contributed by atoms with Gasteiger partial charge < -0.3 is 10.6 Å². The summed E-state index contributed by atoms with van der Waals surface area (Å²) in [6, 6.07) is 0.698. The van der Waals surface area contributed by atoms with Crippen LogP contribution in [-0.2, 0) is 6.54 Å². The second kappa shape index (κ2) is 5.04.